The molecule has 0 aliphatic carbocycles. The lowest BCUT2D eigenvalue weighted by atomic mass is 9.89. The number of likely N-dealkylation sites (tertiary alicyclic amines) is 1. The van der Waals surface area contributed by atoms with E-state index < -0.39 is 8.07 Å². The van der Waals surface area contributed by atoms with Gasteiger partial charge < -0.3 is 9.47 Å². The number of carbonyl (C=O) groups is 2. The minimum Gasteiger partial charge on any atom is -0.494 e. The van der Waals surface area contributed by atoms with Crippen molar-refractivity contribution >= 4 is 42.5 Å². The van der Waals surface area contributed by atoms with Crippen LogP contribution in [0.2, 0.25) is 25.7 Å². The maximum atomic E-state index is 12.8. The van der Waals surface area contributed by atoms with Gasteiger partial charge in [-0.3, -0.25) is 14.5 Å². The lowest BCUT2D eigenvalue weighted by Crippen LogP contribution is -2.45. The van der Waals surface area contributed by atoms with Crippen LogP contribution in [0.5, 0.6) is 5.75 Å². The van der Waals surface area contributed by atoms with E-state index in [2.05, 4.69) is 42.2 Å². The van der Waals surface area contributed by atoms with Crippen molar-refractivity contribution in [1.82, 2.24) is 4.90 Å². The van der Waals surface area contributed by atoms with Gasteiger partial charge in [-0.05, 0) is 36.6 Å². The van der Waals surface area contributed by atoms with Crippen LogP contribution in [0.15, 0.2) is 24.3 Å². The van der Waals surface area contributed by atoms with Crippen molar-refractivity contribution in [3.05, 3.63) is 29.8 Å². The summed E-state index contributed by atoms with van der Waals surface area (Å²) in [5.74, 6) is 0.238. The van der Waals surface area contributed by atoms with E-state index in [4.69, 9.17) is 9.47 Å². The number of rotatable bonds is 10. The van der Waals surface area contributed by atoms with Crippen molar-refractivity contribution in [3.63, 3.8) is 0 Å². The summed E-state index contributed by atoms with van der Waals surface area (Å²) in [4.78, 5) is 26.3. The quantitative estimate of drug-likeness (QED) is 0.156. The van der Waals surface area contributed by atoms with Crippen molar-refractivity contribution in [1.29, 1.82) is 0 Å². The molecule has 1 fully saturated rings. The van der Waals surface area contributed by atoms with E-state index in [1.54, 1.807) is 0 Å². The number of hydrogen-bond donors (Lipinski definition) is 0. The number of imide groups is 1. The number of halogens is 1. The summed E-state index contributed by atoms with van der Waals surface area (Å²) in [6.45, 7) is 8.19. The molecule has 2 rings (SSSR count). The van der Waals surface area contributed by atoms with Gasteiger partial charge >= 0.3 is 0 Å². The first kappa shape index (κ1) is 22.4. The highest BCUT2D eigenvalue weighted by molar-refractivity contribution is 14.1. The monoisotopic (exact) mass is 503 g/mol. The fourth-order valence-corrected chi connectivity index (χ4v) is 3.93. The summed E-state index contributed by atoms with van der Waals surface area (Å²) >= 11 is 2.33. The largest absolute Gasteiger partial charge is 0.494 e. The Morgan fingerprint density at radius 1 is 1.15 bits per heavy atom. The van der Waals surface area contributed by atoms with Gasteiger partial charge in [-0.1, -0.05) is 54.4 Å². The third kappa shape index (κ3) is 7.19. The van der Waals surface area contributed by atoms with E-state index in [9.17, 15) is 9.59 Å². The first-order valence-electron chi connectivity index (χ1n) is 9.52. The van der Waals surface area contributed by atoms with Gasteiger partial charge in [-0.25, -0.2) is 0 Å². The molecule has 1 aromatic rings. The summed E-state index contributed by atoms with van der Waals surface area (Å²) in [6.07, 6.45) is 1.94. The van der Waals surface area contributed by atoms with Crippen molar-refractivity contribution in [2.24, 2.45) is 0 Å². The molecule has 0 spiro atoms. The van der Waals surface area contributed by atoms with Gasteiger partial charge in [0, 0.05) is 25.5 Å². The highest BCUT2D eigenvalue weighted by Gasteiger charge is 2.35. The molecule has 1 saturated heterocycles. The number of ether oxygens (including phenoxy) is 2. The van der Waals surface area contributed by atoms with Crippen LogP contribution in [0, 0.1) is 0 Å². The predicted molar refractivity (Wildman–Crippen MR) is 118 cm³/mol. The molecule has 2 amide bonds. The summed E-state index contributed by atoms with van der Waals surface area (Å²) in [5.41, 5.74) is 0.931. The molecule has 27 heavy (non-hydrogen) atoms. The Morgan fingerprint density at radius 3 is 2.48 bits per heavy atom. The zero-order valence-corrected chi connectivity index (χ0v) is 19.7. The number of hydrogen-bond acceptors (Lipinski definition) is 4. The van der Waals surface area contributed by atoms with Crippen molar-refractivity contribution in [2.45, 2.75) is 50.9 Å². The molecular formula is C20H30INO4Si. The van der Waals surface area contributed by atoms with Gasteiger partial charge in [0.25, 0.3) is 0 Å². The summed E-state index contributed by atoms with van der Waals surface area (Å²) in [6, 6.07) is 8.69. The van der Waals surface area contributed by atoms with Crippen molar-refractivity contribution in [2.75, 3.05) is 24.4 Å². The second kappa shape index (κ2) is 10.6. The van der Waals surface area contributed by atoms with Crippen molar-refractivity contribution in [3.8, 4) is 5.75 Å². The van der Waals surface area contributed by atoms with Crippen LogP contribution in [0.4, 0.5) is 0 Å². The van der Waals surface area contributed by atoms with Crippen LogP contribution in [-0.4, -0.2) is 49.2 Å². The lowest BCUT2D eigenvalue weighted by molar-refractivity contribution is -0.155. The first-order chi connectivity index (χ1) is 12.8. The summed E-state index contributed by atoms with van der Waals surface area (Å²) < 4.78 is 12.4. The summed E-state index contributed by atoms with van der Waals surface area (Å²) in [5, 5.41) is 0. The van der Waals surface area contributed by atoms with E-state index >= 15 is 0 Å². The average Bonchev–Trinajstić information content (AvgIpc) is 2.61. The van der Waals surface area contributed by atoms with Crippen LogP contribution >= 0.6 is 22.6 Å². The molecule has 0 bridgehead atoms. The molecule has 0 saturated carbocycles. The van der Waals surface area contributed by atoms with Crippen LogP contribution in [0.3, 0.4) is 0 Å². The van der Waals surface area contributed by atoms with Crippen LogP contribution in [0.1, 0.15) is 30.7 Å². The topological polar surface area (TPSA) is 55.8 Å². The molecule has 0 radical (unpaired) electrons. The number of nitrogens with zero attached hydrogens (tertiary/aromatic N) is 1. The molecule has 0 N–H and O–H groups in total. The molecular weight excluding hydrogens is 473 g/mol. The maximum absolute atomic E-state index is 12.8. The van der Waals surface area contributed by atoms with Gasteiger partial charge in [-0.15, -0.1) is 0 Å². The minimum absolute atomic E-state index is 0.0656. The highest BCUT2D eigenvalue weighted by atomic mass is 127. The second-order valence-electron chi connectivity index (χ2n) is 8.06. The Hall–Kier alpha value is -0.933. The maximum Gasteiger partial charge on any atom is 0.238 e. The fourth-order valence-electron chi connectivity index (χ4n) is 2.86. The third-order valence-corrected chi connectivity index (χ3v) is 7.02. The number of piperidine rings is 1. The van der Waals surface area contributed by atoms with E-state index in [1.807, 2.05) is 24.3 Å². The van der Waals surface area contributed by atoms with Crippen LogP contribution in [-0.2, 0) is 14.3 Å². The van der Waals surface area contributed by atoms with E-state index in [-0.39, 0.29) is 24.5 Å². The third-order valence-electron chi connectivity index (χ3n) is 4.56. The van der Waals surface area contributed by atoms with Gasteiger partial charge in [-0.2, -0.15) is 0 Å². The second-order valence-corrected chi connectivity index (χ2v) is 14.8. The smallest absolute Gasteiger partial charge is 0.238 e. The molecule has 1 atom stereocenters. The molecule has 1 aromatic carbocycles. The molecule has 7 heteroatoms. The molecule has 1 aliphatic rings. The Labute approximate surface area is 176 Å². The Bertz CT molecular complexity index is 630. The SMILES string of the molecule is C[Si](C)(C)CCOCN1C(=O)CCC(c2ccc(OCCCI)cc2)C1=O. The Balaban J connectivity index is 1.93. The van der Waals surface area contributed by atoms with Gasteiger partial charge in [0.1, 0.15) is 12.5 Å². The number of amides is 2. The molecule has 150 valence electrons. The Morgan fingerprint density at radius 2 is 1.85 bits per heavy atom. The summed E-state index contributed by atoms with van der Waals surface area (Å²) in [7, 11) is -1.19. The average molecular weight is 503 g/mol. The molecule has 1 unspecified atom stereocenters. The van der Waals surface area contributed by atoms with Crippen LogP contribution < -0.4 is 4.74 Å². The molecule has 1 heterocycles. The van der Waals surface area contributed by atoms with E-state index in [0.29, 0.717) is 26.1 Å². The molecule has 5 nitrogen and oxygen atoms in total. The number of alkyl halides is 1. The zero-order valence-electron chi connectivity index (χ0n) is 16.5. The van der Waals surface area contributed by atoms with Crippen LogP contribution in [0.25, 0.3) is 0 Å². The van der Waals surface area contributed by atoms with E-state index in [0.717, 1.165) is 28.2 Å². The van der Waals surface area contributed by atoms with E-state index in [1.165, 1.54) is 4.90 Å². The lowest BCUT2D eigenvalue weighted by Gasteiger charge is -2.31. The standard InChI is InChI=1S/C20H30INO4Si/c1-27(2,3)14-13-25-15-22-19(23)10-9-18(20(22)24)16-5-7-17(8-6-16)26-12-4-11-21/h5-8,18H,4,9-15H2,1-3H3. The zero-order chi connectivity index (χ0) is 19.9. The first-order valence-corrected chi connectivity index (χ1v) is 14.8. The molecule has 0 aromatic heterocycles. The Kier molecular flexibility index (Phi) is 8.75. The van der Waals surface area contributed by atoms with Gasteiger partial charge in [0.05, 0.1) is 12.5 Å². The fraction of sp³-hybridized carbons (Fsp3) is 0.600. The van der Waals surface area contributed by atoms with Crippen molar-refractivity contribution < 1.29 is 19.1 Å². The van der Waals surface area contributed by atoms with Gasteiger partial charge in [0.15, 0.2) is 0 Å². The number of carbonyl (C=O) groups excluding carboxylic acids is 2. The normalized spacial score (nSPS) is 18.1. The highest BCUT2D eigenvalue weighted by Crippen LogP contribution is 2.30. The minimum atomic E-state index is -1.19. The molecule has 1 aliphatic heterocycles. The predicted octanol–water partition coefficient (Wildman–Crippen LogP) is 4.44. The number of benzene rings is 1. The van der Waals surface area contributed by atoms with Gasteiger partial charge in [0.2, 0.25) is 11.8 Å².